The van der Waals surface area contributed by atoms with Gasteiger partial charge in [-0.1, -0.05) is 12.1 Å². The highest BCUT2D eigenvalue weighted by molar-refractivity contribution is 7.93. The third-order valence-electron chi connectivity index (χ3n) is 6.29. The van der Waals surface area contributed by atoms with E-state index < -0.39 is 20.9 Å². The number of nitro benzene ring substituents is 1. The molecule has 0 spiro atoms. The van der Waals surface area contributed by atoms with Gasteiger partial charge < -0.3 is 9.64 Å². The molecule has 38 heavy (non-hydrogen) atoms. The normalized spacial score (nSPS) is 12.6. The van der Waals surface area contributed by atoms with Gasteiger partial charge in [0, 0.05) is 41.1 Å². The van der Waals surface area contributed by atoms with Crippen LogP contribution in [0.5, 0.6) is 5.75 Å². The lowest BCUT2D eigenvalue weighted by Gasteiger charge is -2.24. The smallest absolute Gasteiger partial charge is 0.272 e. The lowest BCUT2D eigenvalue weighted by atomic mass is 10.1. The molecule has 1 heterocycles. The second kappa shape index (κ2) is 9.27. The molecule has 0 unspecified atom stereocenters. The third-order valence-corrected chi connectivity index (χ3v) is 8.05. The van der Waals surface area contributed by atoms with Crippen molar-refractivity contribution in [2.75, 3.05) is 22.9 Å². The summed E-state index contributed by atoms with van der Waals surface area (Å²) in [6, 6.07) is 18.4. The number of amides is 2. The number of ether oxygens (including phenoxy) is 1. The Bertz CT molecular complexity index is 1720. The Morgan fingerprint density at radius 2 is 1.68 bits per heavy atom. The Morgan fingerprint density at radius 3 is 2.32 bits per heavy atom. The number of carbonyl (C=O) groups excluding carboxylic acids is 2. The van der Waals surface area contributed by atoms with Gasteiger partial charge in [0.05, 0.1) is 27.8 Å². The number of non-ortho nitro benzene ring substituents is 1. The molecule has 2 amide bonds. The summed E-state index contributed by atoms with van der Waals surface area (Å²) in [5.74, 6) is -0.672. The van der Waals surface area contributed by atoms with Crippen molar-refractivity contribution in [3.05, 3.63) is 100 Å². The topological polar surface area (TPSA) is 127 Å². The highest BCUT2D eigenvalue weighted by Gasteiger charge is 2.36. The van der Waals surface area contributed by atoms with Gasteiger partial charge in [-0.25, -0.2) is 8.42 Å². The van der Waals surface area contributed by atoms with Crippen molar-refractivity contribution in [2.45, 2.75) is 11.8 Å². The summed E-state index contributed by atoms with van der Waals surface area (Å²) >= 11 is 0. The molecule has 0 fully saturated rings. The van der Waals surface area contributed by atoms with Gasteiger partial charge in [-0.3, -0.25) is 19.7 Å². The van der Waals surface area contributed by atoms with Crippen molar-refractivity contribution in [2.24, 2.45) is 0 Å². The zero-order valence-corrected chi connectivity index (χ0v) is 21.1. The van der Waals surface area contributed by atoms with Gasteiger partial charge in [0.1, 0.15) is 5.75 Å². The Kier molecular flexibility index (Phi) is 6.08. The van der Waals surface area contributed by atoms with Crippen LogP contribution in [-0.4, -0.2) is 38.8 Å². The minimum atomic E-state index is -4.54. The van der Waals surface area contributed by atoms with Gasteiger partial charge in [-0.15, -0.1) is 0 Å². The predicted molar refractivity (Wildman–Crippen MR) is 141 cm³/mol. The summed E-state index contributed by atoms with van der Waals surface area (Å²) in [6.07, 6.45) is 0. The van der Waals surface area contributed by atoms with E-state index in [1.54, 1.807) is 44.3 Å². The average Bonchev–Trinajstić information content (AvgIpc) is 3.16. The molecular formula is C27H21N3O7S. The van der Waals surface area contributed by atoms with Crippen LogP contribution in [0.25, 0.3) is 10.8 Å². The zero-order chi connectivity index (χ0) is 27.2. The summed E-state index contributed by atoms with van der Waals surface area (Å²) in [5.41, 5.74) is 0.681. The van der Waals surface area contributed by atoms with E-state index in [1.165, 1.54) is 41.3 Å². The van der Waals surface area contributed by atoms with Crippen molar-refractivity contribution in [1.82, 2.24) is 0 Å². The van der Waals surface area contributed by atoms with Crippen LogP contribution in [0.1, 0.15) is 27.6 Å². The number of nitrogens with zero attached hydrogens (tertiary/aromatic N) is 3. The van der Waals surface area contributed by atoms with Crippen LogP contribution in [0.3, 0.4) is 0 Å². The Morgan fingerprint density at radius 1 is 1.00 bits per heavy atom. The molecule has 11 heteroatoms. The van der Waals surface area contributed by atoms with E-state index in [9.17, 15) is 28.1 Å². The van der Waals surface area contributed by atoms with Gasteiger partial charge in [0.25, 0.3) is 27.5 Å². The number of anilines is 2. The largest absolute Gasteiger partial charge is 0.494 e. The van der Waals surface area contributed by atoms with Gasteiger partial charge in [0.15, 0.2) is 0 Å². The van der Waals surface area contributed by atoms with Crippen molar-refractivity contribution >= 4 is 49.7 Å². The van der Waals surface area contributed by atoms with E-state index in [1.807, 2.05) is 0 Å². The zero-order valence-electron chi connectivity index (χ0n) is 20.3. The van der Waals surface area contributed by atoms with Crippen molar-refractivity contribution in [1.29, 1.82) is 0 Å². The molecule has 192 valence electrons. The molecule has 4 aromatic carbocycles. The highest BCUT2D eigenvalue weighted by atomic mass is 32.2. The molecule has 0 saturated heterocycles. The number of hydrogen-bond donors (Lipinski definition) is 0. The Labute approximate surface area is 217 Å². The molecular weight excluding hydrogens is 510 g/mol. The van der Waals surface area contributed by atoms with Gasteiger partial charge >= 0.3 is 0 Å². The Hall–Kier alpha value is -4.77. The first kappa shape index (κ1) is 24.9. The molecule has 5 rings (SSSR count). The monoisotopic (exact) mass is 531 g/mol. The number of carbonyl (C=O) groups is 2. The van der Waals surface area contributed by atoms with Crippen molar-refractivity contribution in [3.8, 4) is 5.75 Å². The number of rotatable bonds is 7. The standard InChI is InChI=1S/C27H21N3O7S/c1-3-37-20-13-11-18(12-14-20)29(26(31)17-7-9-19(10-8-17)30(33)34)38(35,36)24-16-15-23-25-21(24)5-4-6-22(25)27(32)28(23)2/h4-16H,3H2,1-2H3. The maximum absolute atomic E-state index is 14.2. The molecule has 4 aromatic rings. The van der Waals surface area contributed by atoms with Gasteiger partial charge in [-0.05, 0) is 61.5 Å². The summed E-state index contributed by atoms with van der Waals surface area (Å²) < 4.78 is 34.6. The molecule has 0 aromatic heterocycles. The number of hydrogen-bond acceptors (Lipinski definition) is 7. The summed E-state index contributed by atoms with van der Waals surface area (Å²) in [5, 5.41) is 11.9. The average molecular weight is 532 g/mol. The van der Waals surface area contributed by atoms with Gasteiger partial charge in [-0.2, -0.15) is 4.31 Å². The lowest BCUT2D eigenvalue weighted by molar-refractivity contribution is -0.384. The van der Waals surface area contributed by atoms with E-state index >= 15 is 0 Å². The quantitative estimate of drug-likeness (QED) is 0.248. The van der Waals surface area contributed by atoms with Crippen molar-refractivity contribution in [3.63, 3.8) is 0 Å². The molecule has 10 nitrogen and oxygen atoms in total. The highest BCUT2D eigenvalue weighted by Crippen LogP contribution is 2.41. The van der Waals surface area contributed by atoms with Crippen LogP contribution in [0.2, 0.25) is 0 Å². The van der Waals surface area contributed by atoms with Crippen molar-refractivity contribution < 1.29 is 27.7 Å². The fraction of sp³-hybridized carbons (Fsp3) is 0.111. The fourth-order valence-electron chi connectivity index (χ4n) is 4.49. The van der Waals surface area contributed by atoms with Crippen LogP contribution in [-0.2, 0) is 10.0 Å². The molecule has 0 aliphatic carbocycles. The lowest BCUT2D eigenvalue weighted by Crippen LogP contribution is -2.37. The molecule has 1 aliphatic rings. The SMILES string of the molecule is CCOc1ccc(N(C(=O)c2ccc([N+](=O)[O-])cc2)S(=O)(=O)c2ccc3c4c(cccc24)C(=O)N3C)cc1. The maximum atomic E-state index is 14.2. The molecule has 0 bridgehead atoms. The fourth-order valence-corrected chi connectivity index (χ4v) is 6.09. The van der Waals surface area contributed by atoms with E-state index in [4.69, 9.17) is 4.74 Å². The first-order valence-corrected chi connectivity index (χ1v) is 13.0. The van der Waals surface area contributed by atoms with Crippen LogP contribution in [0.15, 0.2) is 83.8 Å². The molecule has 0 N–H and O–H groups in total. The van der Waals surface area contributed by atoms with Gasteiger partial charge in [0.2, 0.25) is 0 Å². The van der Waals surface area contributed by atoms with E-state index in [0.29, 0.717) is 38.7 Å². The molecule has 0 radical (unpaired) electrons. The summed E-state index contributed by atoms with van der Waals surface area (Å²) in [4.78, 5) is 38.2. The number of nitro groups is 1. The van der Waals surface area contributed by atoms with Crippen LogP contribution in [0.4, 0.5) is 17.1 Å². The predicted octanol–water partition coefficient (Wildman–Crippen LogP) is 4.77. The molecule has 0 atom stereocenters. The second-order valence-corrected chi connectivity index (χ2v) is 10.2. The van der Waals surface area contributed by atoms with E-state index in [2.05, 4.69) is 0 Å². The second-order valence-electron chi connectivity index (χ2n) is 8.48. The Balaban J connectivity index is 1.70. The number of benzene rings is 4. The number of sulfonamides is 1. The maximum Gasteiger partial charge on any atom is 0.272 e. The van der Waals surface area contributed by atoms with E-state index in [0.717, 1.165) is 12.1 Å². The minimum Gasteiger partial charge on any atom is -0.494 e. The minimum absolute atomic E-state index is 0.0493. The van der Waals surface area contributed by atoms with Crippen LogP contribution < -0.4 is 13.9 Å². The van der Waals surface area contributed by atoms with E-state index in [-0.39, 0.29) is 27.7 Å². The first-order valence-electron chi connectivity index (χ1n) is 11.6. The molecule has 1 aliphatic heterocycles. The first-order chi connectivity index (χ1) is 18.1. The third kappa shape index (κ3) is 3.93. The summed E-state index contributed by atoms with van der Waals surface area (Å²) in [7, 11) is -2.93. The molecule has 0 saturated carbocycles. The van der Waals surface area contributed by atoms with Crippen LogP contribution >= 0.6 is 0 Å². The summed E-state index contributed by atoms with van der Waals surface area (Å²) in [6.45, 7) is 2.21. The van der Waals surface area contributed by atoms with Crippen LogP contribution in [0, 0.1) is 10.1 Å².